The summed E-state index contributed by atoms with van der Waals surface area (Å²) in [5.74, 6) is -1.51. The van der Waals surface area contributed by atoms with Gasteiger partial charge in [0.2, 0.25) is 0 Å². The summed E-state index contributed by atoms with van der Waals surface area (Å²) >= 11 is 0. The molecule has 0 unspecified atom stereocenters. The van der Waals surface area contributed by atoms with Crippen molar-refractivity contribution in [3.05, 3.63) is 71.3 Å². The number of nitrogens with one attached hydrogen (secondary N) is 1. The lowest BCUT2D eigenvalue weighted by Gasteiger charge is -2.22. The van der Waals surface area contributed by atoms with E-state index in [1.165, 1.54) is 25.3 Å². The van der Waals surface area contributed by atoms with Gasteiger partial charge in [-0.3, -0.25) is 4.79 Å². The van der Waals surface area contributed by atoms with Crippen molar-refractivity contribution >= 4 is 11.9 Å². The number of esters is 1. The average Bonchev–Trinajstić information content (AvgIpc) is 2.68. The lowest BCUT2D eigenvalue weighted by molar-refractivity contribution is -0.147. The fourth-order valence-corrected chi connectivity index (χ4v) is 2.80. The Balaban J connectivity index is 2.26. The van der Waals surface area contributed by atoms with Crippen LogP contribution in [0.4, 0.5) is 13.2 Å². The maximum absolute atomic E-state index is 13.2. The van der Waals surface area contributed by atoms with Crippen LogP contribution in [0.3, 0.4) is 0 Å². The largest absolute Gasteiger partial charge is 0.467 e. The molecule has 2 atom stereocenters. The second-order valence-corrected chi connectivity index (χ2v) is 5.97. The van der Waals surface area contributed by atoms with Gasteiger partial charge in [0.15, 0.2) is 6.10 Å². The molecular weight excluding hydrogens is 375 g/mol. The van der Waals surface area contributed by atoms with E-state index in [2.05, 4.69) is 10.1 Å². The number of benzene rings is 2. The minimum absolute atomic E-state index is 0.126. The molecule has 0 aliphatic heterocycles. The Morgan fingerprint density at radius 3 is 2.18 bits per heavy atom. The highest BCUT2D eigenvalue weighted by atomic mass is 19.4. The maximum atomic E-state index is 13.2. The number of rotatable bonds is 7. The predicted molar refractivity (Wildman–Crippen MR) is 95.3 cm³/mol. The Morgan fingerprint density at radius 1 is 1.00 bits per heavy atom. The first-order valence-corrected chi connectivity index (χ1v) is 8.39. The van der Waals surface area contributed by atoms with Gasteiger partial charge in [-0.05, 0) is 17.2 Å². The number of alkyl halides is 3. The van der Waals surface area contributed by atoms with Crippen molar-refractivity contribution in [1.82, 2.24) is 5.32 Å². The molecular formula is C20H20F3NO4. The zero-order valence-electron chi connectivity index (χ0n) is 15.3. The smallest absolute Gasteiger partial charge is 0.416 e. The first-order valence-electron chi connectivity index (χ1n) is 8.39. The topological polar surface area (TPSA) is 64.6 Å². The van der Waals surface area contributed by atoms with E-state index in [9.17, 15) is 22.8 Å². The molecule has 2 aromatic carbocycles. The van der Waals surface area contributed by atoms with Crippen molar-refractivity contribution in [2.45, 2.75) is 24.7 Å². The monoisotopic (exact) mass is 395 g/mol. The molecule has 0 fully saturated rings. The summed E-state index contributed by atoms with van der Waals surface area (Å²) in [5, 5.41) is 2.44. The molecule has 1 N–H and O–H groups in total. The lowest BCUT2D eigenvalue weighted by atomic mass is 9.99. The van der Waals surface area contributed by atoms with Crippen molar-refractivity contribution in [2.75, 3.05) is 14.2 Å². The summed E-state index contributed by atoms with van der Waals surface area (Å²) in [4.78, 5) is 24.7. The molecule has 1 amide bonds. The van der Waals surface area contributed by atoms with Crippen LogP contribution in [0.1, 0.15) is 22.8 Å². The minimum atomic E-state index is -4.58. The van der Waals surface area contributed by atoms with Crippen molar-refractivity contribution in [1.29, 1.82) is 0 Å². The van der Waals surface area contributed by atoms with E-state index in [4.69, 9.17) is 4.74 Å². The average molecular weight is 395 g/mol. The van der Waals surface area contributed by atoms with E-state index < -0.39 is 35.8 Å². The summed E-state index contributed by atoms with van der Waals surface area (Å²) in [6, 6.07) is 12.1. The van der Waals surface area contributed by atoms with Crippen LogP contribution in [0.25, 0.3) is 0 Å². The van der Waals surface area contributed by atoms with Crippen molar-refractivity contribution in [3.63, 3.8) is 0 Å². The minimum Gasteiger partial charge on any atom is -0.467 e. The van der Waals surface area contributed by atoms with Crippen LogP contribution in [0.5, 0.6) is 0 Å². The van der Waals surface area contributed by atoms with Crippen LogP contribution in [0, 0.1) is 0 Å². The van der Waals surface area contributed by atoms with Crippen LogP contribution in [0.15, 0.2) is 54.6 Å². The number of hydrogen-bond donors (Lipinski definition) is 1. The molecule has 0 saturated carbocycles. The van der Waals surface area contributed by atoms with Crippen molar-refractivity contribution in [3.8, 4) is 0 Å². The molecule has 0 bridgehead atoms. The van der Waals surface area contributed by atoms with E-state index in [1.807, 2.05) is 0 Å². The van der Waals surface area contributed by atoms with Gasteiger partial charge in [-0.25, -0.2) is 4.79 Å². The highest BCUT2D eigenvalue weighted by molar-refractivity contribution is 5.88. The summed E-state index contributed by atoms with van der Waals surface area (Å²) in [6.45, 7) is 0. The molecule has 2 rings (SSSR count). The Labute approximate surface area is 160 Å². The predicted octanol–water partition coefficient (Wildman–Crippen LogP) is 3.29. The fourth-order valence-electron chi connectivity index (χ4n) is 2.80. The van der Waals surface area contributed by atoms with Crippen molar-refractivity contribution < 1.29 is 32.2 Å². The van der Waals surface area contributed by atoms with Gasteiger partial charge < -0.3 is 14.8 Å². The van der Waals surface area contributed by atoms with E-state index in [0.717, 1.165) is 13.2 Å². The number of hydrogen-bond acceptors (Lipinski definition) is 4. The van der Waals surface area contributed by atoms with Gasteiger partial charge in [-0.15, -0.1) is 0 Å². The van der Waals surface area contributed by atoms with Crippen LogP contribution in [-0.2, 0) is 31.7 Å². The van der Waals surface area contributed by atoms with Gasteiger partial charge in [0, 0.05) is 13.5 Å². The summed E-state index contributed by atoms with van der Waals surface area (Å²) in [5.41, 5.74) is -0.453. The summed E-state index contributed by atoms with van der Waals surface area (Å²) in [6.07, 6.45) is -5.98. The molecule has 0 heterocycles. The number of amides is 1. The quantitative estimate of drug-likeness (QED) is 0.731. The standard InChI is InChI=1S/C20H20F3NO4/c1-27-17(13-8-4-3-5-9-13)18(25)24-16(19(26)28-2)12-14-10-6-7-11-15(14)20(21,22)23/h3-11,16-17H,12H2,1-2H3,(H,24,25)/t16-,17-/m1/s1. The van der Waals surface area contributed by atoms with E-state index in [-0.39, 0.29) is 12.0 Å². The Morgan fingerprint density at radius 2 is 1.61 bits per heavy atom. The molecule has 150 valence electrons. The zero-order chi connectivity index (χ0) is 20.7. The number of ether oxygens (including phenoxy) is 2. The van der Waals surface area contributed by atoms with E-state index in [0.29, 0.717) is 5.56 Å². The SMILES string of the molecule is COC(=O)[C@@H](Cc1ccccc1C(F)(F)F)NC(=O)[C@H](OC)c1ccccc1. The van der Waals surface area contributed by atoms with E-state index >= 15 is 0 Å². The molecule has 0 radical (unpaired) electrons. The molecule has 0 spiro atoms. The Bertz CT molecular complexity index is 809. The van der Waals surface area contributed by atoms with Crippen molar-refractivity contribution in [2.24, 2.45) is 0 Å². The fraction of sp³-hybridized carbons (Fsp3) is 0.300. The molecule has 0 aliphatic carbocycles. The van der Waals surface area contributed by atoms with Crippen LogP contribution >= 0.6 is 0 Å². The first-order chi connectivity index (χ1) is 13.3. The van der Waals surface area contributed by atoms with Gasteiger partial charge in [-0.2, -0.15) is 13.2 Å². The number of methoxy groups -OCH3 is 2. The molecule has 0 aromatic heterocycles. The highest BCUT2D eigenvalue weighted by Gasteiger charge is 2.35. The second-order valence-electron chi connectivity index (χ2n) is 5.97. The lowest BCUT2D eigenvalue weighted by Crippen LogP contribution is -2.45. The van der Waals surface area contributed by atoms with E-state index in [1.54, 1.807) is 30.3 Å². The Hall–Kier alpha value is -2.87. The molecule has 0 aliphatic rings. The van der Waals surface area contributed by atoms with Gasteiger partial charge in [-0.1, -0.05) is 48.5 Å². The highest BCUT2D eigenvalue weighted by Crippen LogP contribution is 2.32. The molecule has 8 heteroatoms. The third-order valence-corrected chi connectivity index (χ3v) is 4.13. The van der Waals surface area contributed by atoms with Crippen LogP contribution in [0.2, 0.25) is 0 Å². The molecule has 2 aromatic rings. The van der Waals surface area contributed by atoms with Gasteiger partial charge in [0.05, 0.1) is 12.7 Å². The van der Waals surface area contributed by atoms with Crippen LogP contribution in [-0.4, -0.2) is 32.1 Å². The molecule has 28 heavy (non-hydrogen) atoms. The molecule has 0 saturated heterocycles. The number of carbonyl (C=O) groups is 2. The van der Waals surface area contributed by atoms with Gasteiger partial charge >= 0.3 is 12.1 Å². The third kappa shape index (κ3) is 5.32. The van der Waals surface area contributed by atoms with Gasteiger partial charge in [0.1, 0.15) is 6.04 Å². The number of halogens is 3. The molecule has 5 nitrogen and oxygen atoms in total. The normalized spacial score (nSPS) is 13.5. The third-order valence-electron chi connectivity index (χ3n) is 4.13. The summed E-state index contributed by atoms with van der Waals surface area (Å²) < 4.78 is 49.5. The summed E-state index contributed by atoms with van der Waals surface area (Å²) in [7, 11) is 2.42. The first kappa shape index (κ1) is 21.4. The Kier molecular flexibility index (Phi) is 7.17. The zero-order valence-corrected chi connectivity index (χ0v) is 15.3. The van der Waals surface area contributed by atoms with Gasteiger partial charge in [0.25, 0.3) is 5.91 Å². The maximum Gasteiger partial charge on any atom is 0.416 e. The second kappa shape index (κ2) is 9.36. The van der Waals surface area contributed by atoms with Crippen LogP contribution < -0.4 is 5.32 Å². The number of carbonyl (C=O) groups excluding carboxylic acids is 2.